The highest BCUT2D eigenvalue weighted by Gasteiger charge is 2.27. The average molecular weight is 295 g/mol. The lowest BCUT2D eigenvalue weighted by Crippen LogP contribution is -2.32. The Morgan fingerprint density at radius 2 is 2.10 bits per heavy atom. The van der Waals surface area contributed by atoms with Crippen LogP contribution in [0, 0.1) is 11.3 Å². The van der Waals surface area contributed by atoms with E-state index in [9.17, 15) is 5.11 Å². The molecule has 1 heterocycles. The molecule has 1 aromatic rings. The Hall–Kier alpha value is -0.380. The van der Waals surface area contributed by atoms with Gasteiger partial charge >= 0.3 is 0 Å². The van der Waals surface area contributed by atoms with Gasteiger partial charge in [-0.2, -0.15) is 11.3 Å². The molecular weight excluding hydrogens is 266 g/mol. The summed E-state index contributed by atoms with van der Waals surface area (Å²) in [4.78, 5) is 0. The Bertz CT molecular complexity index is 382. The lowest BCUT2D eigenvalue weighted by atomic mass is 9.76. The van der Waals surface area contributed by atoms with Gasteiger partial charge in [-0.3, -0.25) is 0 Å². The molecule has 0 radical (unpaired) electrons. The maximum Gasteiger partial charge on any atom is 0.0922 e. The number of thiophene rings is 1. The normalized spacial score (nSPS) is 26.2. The van der Waals surface area contributed by atoms with Gasteiger partial charge in [0.05, 0.1) is 6.10 Å². The molecule has 0 spiro atoms. The third-order valence-corrected chi connectivity index (χ3v) is 5.42. The molecule has 1 saturated carbocycles. The highest BCUT2D eigenvalue weighted by atomic mass is 32.1. The topological polar surface area (TPSA) is 32.3 Å². The van der Waals surface area contributed by atoms with E-state index in [1.165, 1.54) is 32.1 Å². The lowest BCUT2D eigenvalue weighted by molar-refractivity contribution is 0.167. The van der Waals surface area contributed by atoms with E-state index >= 15 is 0 Å². The van der Waals surface area contributed by atoms with Crippen LogP contribution in [0.5, 0.6) is 0 Å². The molecule has 0 aromatic carbocycles. The molecule has 1 aliphatic carbocycles. The molecule has 3 unspecified atom stereocenters. The first-order valence-electron chi connectivity index (χ1n) is 7.90. The Balaban J connectivity index is 1.77. The molecule has 0 saturated heterocycles. The fourth-order valence-electron chi connectivity index (χ4n) is 3.23. The second-order valence-corrected chi connectivity index (χ2v) is 8.03. The van der Waals surface area contributed by atoms with Gasteiger partial charge in [-0.1, -0.05) is 27.2 Å². The molecular formula is C17H29NOS. The van der Waals surface area contributed by atoms with Crippen LogP contribution in [0.1, 0.15) is 64.5 Å². The number of hydrogen-bond acceptors (Lipinski definition) is 3. The van der Waals surface area contributed by atoms with Gasteiger partial charge in [-0.15, -0.1) is 0 Å². The van der Waals surface area contributed by atoms with Crippen LogP contribution < -0.4 is 5.32 Å². The number of nitrogens with one attached hydrogen (secondary N) is 1. The molecule has 0 amide bonds. The molecule has 2 nitrogen and oxygen atoms in total. The molecule has 114 valence electrons. The predicted molar refractivity (Wildman–Crippen MR) is 87.1 cm³/mol. The maximum atomic E-state index is 10.1. The summed E-state index contributed by atoms with van der Waals surface area (Å²) in [6.45, 7) is 7.78. The summed E-state index contributed by atoms with van der Waals surface area (Å²) in [6.07, 6.45) is 6.13. The maximum absolute atomic E-state index is 10.1. The molecule has 3 atom stereocenters. The Morgan fingerprint density at radius 3 is 2.75 bits per heavy atom. The molecule has 1 aromatic heterocycles. The molecule has 1 aliphatic rings. The van der Waals surface area contributed by atoms with Crippen LogP contribution in [0.3, 0.4) is 0 Å². The second-order valence-electron chi connectivity index (χ2n) is 7.25. The first-order chi connectivity index (χ1) is 9.47. The van der Waals surface area contributed by atoms with Gasteiger partial charge in [0.15, 0.2) is 0 Å². The van der Waals surface area contributed by atoms with Gasteiger partial charge < -0.3 is 10.4 Å². The minimum absolute atomic E-state index is 0.358. The van der Waals surface area contributed by atoms with Crippen molar-refractivity contribution < 1.29 is 5.11 Å². The number of rotatable bonds is 4. The summed E-state index contributed by atoms with van der Waals surface area (Å²) < 4.78 is 0. The van der Waals surface area contributed by atoms with Crippen molar-refractivity contribution >= 4 is 11.3 Å². The van der Waals surface area contributed by atoms with Crippen LogP contribution >= 0.6 is 11.3 Å². The minimum atomic E-state index is -0.358. The van der Waals surface area contributed by atoms with E-state index in [4.69, 9.17) is 0 Å². The van der Waals surface area contributed by atoms with E-state index < -0.39 is 0 Å². The van der Waals surface area contributed by atoms with Gasteiger partial charge in [-0.05, 0) is 59.4 Å². The quantitative estimate of drug-likeness (QED) is 0.809. The van der Waals surface area contributed by atoms with Crippen LogP contribution in [-0.4, -0.2) is 17.7 Å². The minimum Gasteiger partial charge on any atom is -0.387 e. The van der Waals surface area contributed by atoms with E-state index in [1.54, 1.807) is 11.3 Å². The summed E-state index contributed by atoms with van der Waals surface area (Å²) in [5.41, 5.74) is 1.48. The van der Waals surface area contributed by atoms with Gasteiger partial charge in [0.2, 0.25) is 0 Å². The van der Waals surface area contributed by atoms with Gasteiger partial charge in [0.1, 0.15) is 0 Å². The largest absolute Gasteiger partial charge is 0.387 e. The Labute approximate surface area is 127 Å². The fourth-order valence-corrected chi connectivity index (χ4v) is 3.94. The lowest BCUT2D eigenvalue weighted by Gasteiger charge is -2.29. The molecule has 2 rings (SSSR count). The van der Waals surface area contributed by atoms with Crippen molar-refractivity contribution in [2.45, 2.75) is 65.0 Å². The first-order valence-corrected chi connectivity index (χ1v) is 8.84. The Morgan fingerprint density at radius 1 is 1.30 bits per heavy atom. The second kappa shape index (κ2) is 7.06. The molecule has 1 fully saturated rings. The highest BCUT2D eigenvalue weighted by molar-refractivity contribution is 7.07. The average Bonchev–Trinajstić information content (AvgIpc) is 2.80. The highest BCUT2D eigenvalue weighted by Crippen LogP contribution is 2.36. The van der Waals surface area contributed by atoms with Crippen LogP contribution in [0.15, 0.2) is 16.8 Å². The summed E-state index contributed by atoms with van der Waals surface area (Å²) in [5, 5.41) is 17.8. The predicted octanol–water partition coefficient (Wildman–Crippen LogP) is 4.37. The number of aliphatic hydroxyl groups excluding tert-OH is 1. The van der Waals surface area contributed by atoms with E-state index in [1.807, 2.05) is 16.8 Å². The van der Waals surface area contributed by atoms with Crippen molar-refractivity contribution in [3.63, 3.8) is 0 Å². The van der Waals surface area contributed by atoms with E-state index in [2.05, 4.69) is 26.1 Å². The van der Waals surface area contributed by atoms with Crippen LogP contribution in [0.2, 0.25) is 0 Å². The van der Waals surface area contributed by atoms with Crippen molar-refractivity contribution in [1.82, 2.24) is 5.32 Å². The summed E-state index contributed by atoms with van der Waals surface area (Å²) in [5.74, 6) is 0.844. The SMILES string of the molecule is CC(C)(C)C1CCCC(NCC(O)c2ccsc2)CC1. The zero-order chi connectivity index (χ0) is 14.6. The van der Waals surface area contributed by atoms with Gasteiger partial charge in [-0.25, -0.2) is 0 Å². The van der Waals surface area contributed by atoms with Crippen molar-refractivity contribution in [3.05, 3.63) is 22.4 Å². The number of hydrogen-bond donors (Lipinski definition) is 2. The van der Waals surface area contributed by atoms with E-state index in [-0.39, 0.29) is 6.10 Å². The summed E-state index contributed by atoms with van der Waals surface area (Å²) >= 11 is 1.65. The first kappa shape index (κ1) is 16.0. The van der Waals surface area contributed by atoms with Crippen molar-refractivity contribution in [2.24, 2.45) is 11.3 Å². The van der Waals surface area contributed by atoms with Gasteiger partial charge in [0, 0.05) is 12.6 Å². The van der Waals surface area contributed by atoms with Gasteiger partial charge in [0.25, 0.3) is 0 Å². The van der Waals surface area contributed by atoms with Crippen molar-refractivity contribution in [2.75, 3.05) is 6.54 Å². The van der Waals surface area contributed by atoms with Crippen LogP contribution in [0.25, 0.3) is 0 Å². The monoisotopic (exact) mass is 295 g/mol. The summed E-state index contributed by atoms with van der Waals surface area (Å²) in [6, 6.07) is 2.59. The fraction of sp³-hybridized carbons (Fsp3) is 0.765. The molecule has 2 N–H and O–H groups in total. The third kappa shape index (κ3) is 4.57. The standard InChI is InChI=1S/C17H29NOS/c1-17(2,3)14-5-4-6-15(8-7-14)18-11-16(19)13-9-10-20-12-13/h9-10,12,14-16,18-19H,4-8,11H2,1-3H3. The van der Waals surface area contributed by atoms with E-state index in [0.29, 0.717) is 18.0 Å². The molecule has 0 bridgehead atoms. The molecule has 20 heavy (non-hydrogen) atoms. The zero-order valence-corrected chi connectivity index (χ0v) is 13.9. The van der Waals surface area contributed by atoms with Crippen molar-refractivity contribution in [1.29, 1.82) is 0 Å². The van der Waals surface area contributed by atoms with Crippen molar-refractivity contribution in [3.8, 4) is 0 Å². The molecule has 3 heteroatoms. The third-order valence-electron chi connectivity index (χ3n) is 4.72. The number of aliphatic hydroxyl groups is 1. The Kier molecular flexibility index (Phi) is 5.65. The molecule has 0 aliphatic heterocycles. The zero-order valence-electron chi connectivity index (χ0n) is 13.1. The van der Waals surface area contributed by atoms with Crippen LogP contribution in [-0.2, 0) is 0 Å². The smallest absolute Gasteiger partial charge is 0.0922 e. The van der Waals surface area contributed by atoms with E-state index in [0.717, 1.165) is 11.5 Å². The summed E-state index contributed by atoms with van der Waals surface area (Å²) in [7, 11) is 0. The van der Waals surface area contributed by atoms with Crippen LogP contribution in [0.4, 0.5) is 0 Å².